The number of nitrogens with one attached hydrogen (secondary N) is 2. The second kappa shape index (κ2) is 8.13. The first-order chi connectivity index (χ1) is 14.4. The molecule has 0 fully saturated rings. The second-order valence-electron chi connectivity index (χ2n) is 7.86. The summed E-state index contributed by atoms with van der Waals surface area (Å²) in [6, 6.07) is 20.8. The second-order valence-corrected chi connectivity index (χ2v) is 7.86. The number of fused-ring (bicyclic) bond motifs is 1. The van der Waals surface area contributed by atoms with Gasteiger partial charge in [0.05, 0.1) is 11.1 Å². The summed E-state index contributed by atoms with van der Waals surface area (Å²) in [5, 5.41) is 13.0. The molecule has 3 N–H and O–H groups in total. The van der Waals surface area contributed by atoms with Crippen molar-refractivity contribution in [3.05, 3.63) is 77.6 Å². The molecule has 1 aromatic heterocycles. The van der Waals surface area contributed by atoms with E-state index < -0.39 is 5.97 Å². The minimum absolute atomic E-state index is 0.210. The van der Waals surface area contributed by atoms with E-state index in [0.29, 0.717) is 17.4 Å². The summed E-state index contributed by atoms with van der Waals surface area (Å²) < 4.78 is 0. The zero-order chi connectivity index (χ0) is 21.3. The van der Waals surface area contributed by atoms with Crippen molar-refractivity contribution in [2.75, 3.05) is 0 Å². The maximum absolute atomic E-state index is 11.7. The van der Waals surface area contributed by atoms with Crippen LogP contribution in [-0.2, 0) is 6.54 Å². The quantitative estimate of drug-likeness (QED) is 0.406. The molecule has 0 aliphatic heterocycles. The first-order valence-electron chi connectivity index (χ1n) is 10.1. The molecule has 1 heterocycles. The summed E-state index contributed by atoms with van der Waals surface area (Å²) in [6.07, 6.45) is 0. The van der Waals surface area contributed by atoms with Crippen LogP contribution < -0.4 is 5.32 Å². The molecule has 0 amide bonds. The number of H-pyrrole nitrogens is 1. The van der Waals surface area contributed by atoms with Crippen LogP contribution >= 0.6 is 0 Å². The number of rotatable bonds is 6. The van der Waals surface area contributed by atoms with Crippen molar-refractivity contribution in [1.29, 1.82) is 0 Å². The molecule has 0 saturated carbocycles. The van der Waals surface area contributed by atoms with E-state index in [2.05, 4.69) is 65.5 Å². The molecule has 4 aromatic rings. The fourth-order valence-electron chi connectivity index (χ4n) is 3.61. The summed E-state index contributed by atoms with van der Waals surface area (Å²) in [6.45, 7) is 6.94. The molecule has 0 spiro atoms. The molecule has 5 nitrogen and oxygen atoms in total. The lowest BCUT2D eigenvalue weighted by Crippen LogP contribution is -2.21. The molecule has 4 rings (SSSR count). The van der Waals surface area contributed by atoms with Crippen molar-refractivity contribution < 1.29 is 9.90 Å². The highest BCUT2D eigenvalue weighted by molar-refractivity contribution is 6.03. The van der Waals surface area contributed by atoms with Crippen LogP contribution in [0, 0.1) is 6.92 Å². The van der Waals surface area contributed by atoms with Gasteiger partial charge in [0.2, 0.25) is 0 Å². The Morgan fingerprint density at radius 3 is 2.37 bits per heavy atom. The first-order valence-corrected chi connectivity index (χ1v) is 10.1. The van der Waals surface area contributed by atoms with Crippen LogP contribution in [0.2, 0.25) is 0 Å². The van der Waals surface area contributed by atoms with Crippen LogP contribution in [0.25, 0.3) is 33.3 Å². The number of carbonyl (C=O) groups is 1. The normalized spacial score (nSPS) is 11.3. The third-order valence-electron chi connectivity index (χ3n) is 5.13. The Kier molecular flexibility index (Phi) is 5.38. The van der Waals surface area contributed by atoms with E-state index in [4.69, 9.17) is 0 Å². The van der Waals surface area contributed by atoms with Crippen molar-refractivity contribution in [3.8, 4) is 22.3 Å². The van der Waals surface area contributed by atoms with Gasteiger partial charge >= 0.3 is 5.97 Å². The molecular formula is C25H25N3O2. The molecular weight excluding hydrogens is 374 g/mol. The van der Waals surface area contributed by atoms with E-state index in [1.54, 1.807) is 6.07 Å². The number of nitrogens with zero attached hydrogens (tertiary/aromatic N) is 1. The van der Waals surface area contributed by atoms with Gasteiger partial charge in [-0.15, -0.1) is 0 Å². The fourth-order valence-corrected chi connectivity index (χ4v) is 3.61. The number of hydrogen-bond donors (Lipinski definition) is 3. The van der Waals surface area contributed by atoms with Crippen LogP contribution in [0.3, 0.4) is 0 Å². The minimum atomic E-state index is -0.975. The highest BCUT2D eigenvalue weighted by Crippen LogP contribution is 2.29. The highest BCUT2D eigenvalue weighted by atomic mass is 16.4. The maximum atomic E-state index is 11.7. The number of carboxylic acid groups (broad SMARTS) is 1. The molecule has 0 unspecified atom stereocenters. The standard InChI is InChI=1S/C25H25N3O2/c1-15(2)26-14-17-5-4-6-20(11-17)18-7-9-19(10-8-18)21-12-22(25(29)30)24-23(13-21)27-16(3)28-24/h4-13,15,26H,14H2,1-3H3,(H,27,28)(H,29,30). The van der Waals surface area contributed by atoms with Crippen LogP contribution in [0.15, 0.2) is 60.7 Å². The van der Waals surface area contributed by atoms with Gasteiger partial charge in [-0.3, -0.25) is 0 Å². The summed E-state index contributed by atoms with van der Waals surface area (Å²) in [5.41, 5.74) is 6.79. The largest absolute Gasteiger partial charge is 0.478 e. The van der Waals surface area contributed by atoms with Gasteiger partial charge in [0.15, 0.2) is 0 Å². The Balaban J connectivity index is 1.66. The lowest BCUT2D eigenvalue weighted by Gasteiger charge is -2.10. The van der Waals surface area contributed by atoms with E-state index in [1.165, 1.54) is 5.56 Å². The molecule has 0 aliphatic rings. The van der Waals surface area contributed by atoms with E-state index >= 15 is 0 Å². The Bertz CT molecular complexity index is 1210. The molecule has 30 heavy (non-hydrogen) atoms. The fraction of sp³-hybridized carbons (Fsp3) is 0.200. The zero-order valence-corrected chi connectivity index (χ0v) is 17.4. The molecule has 5 heteroatoms. The van der Waals surface area contributed by atoms with Crippen molar-refractivity contribution in [2.45, 2.75) is 33.4 Å². The molecule has 152 valence electrons. The number of benzene rings is 3. The maximum Gasteiger partial charge on any atom is 0.337 e. The third-order valence-corrected chi connectivity index (χ3v) is 5.13. The average molecular weight is 399 g/mol. The molecule has 0 saturated heterocycles. The van der Waals surface area contributed by atoms with Gasteiger partial charge in [0, 0.05) is 12.6 Å². The van der Waals surface area contributed by atoms with Crippen molar-refractivity contribution in [1.82, 2.24) is 15.3 Å². The number of carboxylic acids is 1. The van der Waals surface area contributed by atoms with Gasteiger partial charge in [-0.25, -0.2) is 9.78 Å². The smallest absolute Gasteiger partial charge is 0.337 e. The average Bonchev–Trinajstić information content (AvgIpc) is 3.11. The van der Waals surface area contributed by atoms with E-state index in [-0.39, 0.29) is 5.56 Å². The van der Waals surface area contributed by atoms with E-state index in [0.717, 1.165) is 34.3 Å². The monoisotopic (exact) mass is 399 g/mol. The van der Waals surface area contributed by atoms with Gasteiger partial charge in [-0.1, -0.05) is 56.3 Å². The van der Waals surface area contributed by atoms with Crippen molar-refractivity contribution in [3.63, 3.8) is 0 Å². The van der Waals surface area contributed by atoms with Crippen LogP contribution in [0.5, 0.6) is 0 Å². The molecule has 0 atom stereocenters. The molecule has 0 aliphatic carbocycles. The number of aromatic nitrogens is 2. The topological polar surface area (TPSA) is 78.0 Å². The molecule has 3 aromatic carbocycles. The summed E-state index contributed by atoms with van der Waals surface area (Å²) in [5.74, 6) is -0.274. The molecule has 0 radical (unpaired) electrons. The lowest BCUT2D eigenvalue weighted by molar-refractivity contribution is 0.0699. The number of aromatic carboxylic acids is 1. The van der Waals surface area contributed by atoms with E-state index in [9.17, 15) is 9.90 Å². The minimum Gasteiger partial charge on any atom is -0.478 e. The van der Waals surface area contributed by atoms with Crippen molar-refractivity contribution >= 4 is 17.0 Å². The number of imidazole rings is 1. The van der Waals surface area contributed by atoms with Crippen LogP contribution in [-0.4, -0.2) is 27.1 Å². The predicted molar refractivity (Wildman–Crippen MR) is 121 cm³/mol. The first kappa shape index (κ1) is 19.9. The van der Waals surface area contributed by atoms with Crippen molar-refractivity contribution in [2.24, 2.45) is 0 Å². The number of aryl methyl sites for hydroxylation is 1. The SMILES string of the molecule is Cc1nc2c(C(=O)O)cc(-c3ccc(-c4cccc(CNC(C)C)c4)cc3)cc2[nH]1. The van der Waals surface area contributed by atoms with Crippen LogP contribution in [0.1, 0.15) is 35.6 Å². The Morgan fingerprint density at radius 2 is 1.70 bits per heavy atom. The number of aromatic amines is 1. The summed E-state index contributed by atoms with van der Waals surface area (Å²) in [4.78, 5) is 19.2. The lowest BCUT2D eigenvalue weighted by atomic mass is 9.97. The van der Waals surface area contributed by atoms with Gasteiger partial charge < -0.3 is 15.4 Å². The Morgan fingerprint density at radius 1 is 1.00 bits per heavy atom. The van der Waals surface area contributed by atoms with Gasteiger partial charge in [-0.2, -0.15) is 0 Å². The van der Waals surface area contributed by atoms with Gasteiger partial charge in [-0.05, 0) is 52.9 Å². The Labute approximate surface area is 175 Å². The van der Waals surface area contributed by atoms with Gasteiger partial charge in [0.25, 0.3) is 0 Å². The highest BCUT2D eigenvalue weighted by Gasteiger charge is 2.15. The predicted octanol–water partition coefficient (Wildman–Crippen LogP) is 5.40. The third kappa shape index (κ3) is 4.11. The van der Waals surface area contributed by atoms with Crippen LogP contribution in [0.4, 0.5) is 0 Å². The molecule has 0 bridgehead atoms. The number of hydrogen-bond acceptors (Lipinski definition) is 3. The Hall–Kier alpha value is -3.44. The zero-order valence-electron chi connectivity index (χ0n) is 17.4. The van der Waals surface area contributed by atoms with Gasteiger partial charge in [0.1, 0.15) is 11.3 Å². The summed E-state index contributed by atoms with van der Waals surface area (Å²) in [7, 11) is 0. The summed E-state index contributed by atoms with van der Waals surface area (Å²) >= 11 is 0. The van der Waals surface area contributed by atoms with E-state index in [1.807, 2.05) is 25.1 Å².